The van der Waals surface area contributed by atoms with Gasteiger partial charge in [-0.3, -0.25) is 14.5 Å². The van der Waals surface area contributed by atoms with Crippen molar-refractivity contribution in [3.63, 3.8) is 0 Å². The Bertz CT molecular complexity index is 511. The predicted octanol–water partition coefficient (Wildman–Crippen LogP) is 2.35. The van der Waals surface area contributed by atoms with Gasteiger partial charge in [0.1, 0.15) is 5.82 Å². The standard InChI is InChI=1S/C14H14FNO2/c15-10-4-5-11-9(8-10)2-1-3-12(11)16-13(17)6-7-14(16)18/h4-5,8,12H,1-3,6-7H2. The van der Waals surface area contributed by atoms with Crippen LogP contribution in [0.4, 0.5) is 4.39 Å². The smallest absolute Gasteiger partial charge is 0.230 e. The molecule has 2 aliphatic rings. The first-order valence-corrected chi connectivity index (χ1v) is 6.30. The Balaban J connectivity index is 2.01. The number of benzene rings is 1. The maximum atomic E-state index is 13.2. The summed E-state index contributed by atoms with van der Waals surface area (Å²) in [6.07, 6.45) is 3.12. The van der Waals surface area contributed by atoms with Gasteiger partial charge < -0.3 is 0 Å². The van der Waals surface area contributed by atoms with Crippen LogP contribution in [0.2, 0.25) is 0 Å². The molecule has 3 nitrogen and oxygen atoms in total. The van der Waals surface area contributed by atoms with Crippen molar-refractivity contribution in [2.45, 2.75) is 38.1 Å². The summed E-state index contributed by atoms with van der Waals surface area (Å²) in [7, 11) is 0. The Morgan fingerprint density at radius 2 is 1.83 bits per heavy atom. The van der Waals surface area contributed by atoms with Crippen LogP contribution in [0.1, 0.15) is 42.9 Å². The van der Waals surface area contributed by atoms with Crippen molar-refractivity contribution in [2.75, 3.05) is 0 Å². The first-order chi connectivity index (χ1) is 8.66. The topological polar surface area (TPSA) is 37.4 Å². The highest BCUT2D eigenvalue weighted by atomic mass is 19.1. The van der Waals surface area contributed by atoms with Gasteiger partial charge in [0.2, 0.25) is 11.8 Å². The molecule has 4 heteroatoms. The third-order valence-corrected chi connectivity index (χ3v) is 3.79. The molecule has 1 atom stereocenters. The fourth-order valence-corrected chi connectivity index (χ4v) is 2.97. The van der Waals surface area contributed by atoms with Crippen LogP contribution >= 0.6 is 0 Å². The number of nitrogens with zero attached hydrogens (tertiary/aromatic N) is 1. The van der Waals surface area contributed by atoms with Gasteiger partial charge in [-0.1, -0.05) is 6.07 Å². The van der Waals surface area contributed by atoms with Crippen LogP contribution in [0.25, 0.3) is 0 Å². The van der Waals surface area contributed by atoms with Gasteiger partial charge in [-0.25, -0.2) is 4.39 Å². The van der Waals surface area contributed by atoms with Crippen LogP contribution in [0.15, 0.2) is 18.2 Å². The van der Waals surface area contributed by atoms with Gasteiger partial charge >= 0.3 is 0 Å². The molecule has 1 saturated heterocycles. The fraction of sp³-hybridized carbons (Fsp3) is 0.429. The highest BCUT2D eigenvalue weighted by Gasteiger charge is 2.37. The summed E-state index contributed by atoms with van der Waals surface area (Å²) in [5.41, 5.74) is 1.87. The van der Waals surface area contributed by atoms with E-state index in [9.17, 15) is 14.0 Å². The number of carbonyl (C=O) groups excluding carboxylic acids is 2. The molecule has 1 fully saturated rings. The lowest BCUT2D eigenvalue weighted by Crippen LogP contribution is -2.35. The number of amides is 2. The van der Waals surface area contributed by atoms with Crippen LogP contribution in [0, 0.1) is 5.82 Å². The minimum absolute atomic E-state index is 0.0952. The number of carbonyl (C=O) groups is 2. The van der Waals surface area contributed by atoms with Crippen molar-refractivity contribution >= 4 is 11.8 Å². The van der Waals surface area contributed by atoms with E-state index in [0.29, 0.717) is 12.8 Å². The summed E-state index contributed by atoms with van der Waals surface area (Å²) in [6, 6.07) is 4.46. The normalized spacial score (nSPS) is 23.4. The van der Waals surface area contributed by atoms with Crippen LogP contribution in [0.3, 0.4) is 0 Å². The van der Waals surface area contributed by atoms with E-state index in [2.05, 4.69) is 0 Å². The van der Waals surface area contributed by atoms with E-state index in [-0.39, 0.29) is 23.7 Å². The molecular formula is C14H14FNO2. The van der Waals surface area contributed by atoms with E-state index in [1.54, 1.807) is 6.07 Å². The van der Waals surface area contributed by atoms with Crippen molar-refractivity contribution in [2.24, 2.45) is 0 Å². The fourth-order valence-electron chi connectivity index (χ4n) is 2.97. The molecule has 1 unspecified atom stereocenters. The van der Waals surface area contributed by atoms with Crippen molar-refractivity contribution in [1.82, 2.24) is 4.90 Å². The Hall–Kier alpha value is -1.71. The number of fused-ring (bicyclic) bond motifs is 1. The molecule has 0 saturated carbocycles. The van der Waals surface area contributed by atoms with Gasteiger partial charge in [-0.2, -0.15) is 0 Å². The number of hydrogen-bond acceptors (Lipinski definition) is 2. The van der Waals surface area contributed by atoms with E-state index >= 15 is 0 Å². The quantitative estimate of drug-likeness (QED) is 0.714. The molecule has 0 radical (unpaired) electrons. The van der Waals surface area contributed by atoms with Crippen molar-refractivity contribution in [1.29, 1.82) is 0 Å². The number of likely N-dealkylation sites (tertiary alicyclic amines) is 1. The molecule has 18 heavy (non-hydrogen) atoms. The summed E-state index contributed by atoms with van der Waals surface area (Å²) in [5.74, 6) is -0.446. The van der Waals surface area contributed by atoms with Crippen LogP contribution in [-0.2, 0) is 16.0 Å². The summed E-state index contributed by atoms with van der Waals surface area (Å²) >= 11 is 0. The molecular weight excluding hydrogens is 233 g/mol. The molecule has 0 aromatic heterocycles. The largest absolute Gasteiger partial charge is 0.275 e. The second kappa shape index (κ2) is 4.19. The Morgan fingerprint density at radius 3 is 2.56 bits per heavy atom. The molecule has 1 aromatic carbocycles. The van der Waals surface area contributed by atoms with Crippen molar-refractivity contribution < 1.29 is 14.0 Å². The number of imide groups is 1. The molecule has 1 aromatic rings. The van der Waals surface area contributed by atoms with E-state index < -0.39 is 0 Å². The average Bonchev–Trinajstić information content (AvgIpc) is 2.68. The Morgan fingerprint density at radius 1 is 1.11 bits per heavy atom. The molecule has 94 valence electrons. The second-order valence-corrected chi connectivity index (χ2v) is 4.91. The molecule has 3 rings (SSSR count). The number of aryl methyl sites for hydroxylation is 1. The Labute approximate surface area is 105 Å². The lowest BCUT2D eigenvalue weighted by Gasteiger charge is -2.31. The number of halogens is 1. The van der Waals surface area contributed by atoms with Gasteiger partial charge in [0.05, 0.1) is 6.04 Å². The minimum atomic E-state index is -0.256. The zero-order chi connectivity index (χ0) is 12.7. The number of hydrogen-bond donors (Lipinski definition) is 0. The third-order valence-electron chi connectivity index (χ3n) is 3.79. The highest BCUT2D eigenvalue weighted by molar-refractivity contribution is 6.02. The number of rotatable bonds is 1. The summed E-state index contributed by atoms with van der Waals surface area (Å²) in [5, 5.41) is 0. The zero-order valence-electron chi connectivity index (χ0n) is 9.99. The molecule has 0 N–H and O–H groups in total. The highest BCUT2D eigenvalue weighted by Crippen LogP contribution is 2.37. The van der Waals surface area contributed by atoms with Gasteiger partial charge in [0, 0.05) is 12.8 Å². The van der Waals surface area contributed by atoms with Gasteiger partial charge in [-0.05, 0) is 42.5 Å². The summed E-state index contributed by atoms with van der Waals surface area (Å²) in [6.45, 7) is 0. The van der Waals surface area contributed by atoms with Crippen LogP contribution in [-0.4, -0.2) is 16.7 Å². The van der Waals surface area contributed by atoms with Gasteiger partial charge in [0.25, 0.3) is 0 Å². The molecule has 1 heterocycles. The molecule has 1 aliphatic heterocycles. The summed E-state index contributed by atoms with van der Waals surface area (Å²) < 4.78 is 13.2. The Kier molecular flexibility index (Phi) is 2.65. The van der Waals surface area contributed by atoms with Gasteiger partial charge in [0.15, 0.2) is 0 Å². The maximum absolute atomic E-state index is 13.2. The maximum Gasteiger partial charge on any atom is 0.230 e. The molecule has 0 spiro atoms. The third kappa shape index (κ3) is 1.72. The van der Waals surface area contributed by atoms with E-state index in [4.69, 9.17) is 0 Å². The van der Waals surface area contributed by atoms with Crippen molar-refractivity contribution in [3.8, 4) is 0 Å². The summed E-state index contributed by atoms with van der Waals surface area (Å²) in [4.78, 5) is 25.0. The first-order valence-electron chi connectivity index (χ1n) is 6.30. The molecule has 1 aliphatic carbocycles. The predicted molar refractivity (Wildman–Crippen MR) is 63.2 cm³/mol. The SMILES string of the molecule is O=C1CCC(=O)N1C1CCCc2cc(F)ccc21. The van der Waals surface area contributed by atoms with E-state index in [1.807, 2.05) is 0 Å². The van der Waals surface area contributed by atoms with Crippen molar-refractivity contribution in [3.05, 3.63) is 35.1 Å². The lowest BCUT2D eigenvalue weighted by molar-refractivity contribution is -0.141. The van der Waals surface area contributed by atoms with Gasteiger partial charge in [-0.15, -0.1) is 0 Å². The molecule has 0 bridgehead atoms. The monoisotopic (exact) mass is 247 g/mol. The molecule has 2 amide bonds. The van der Waals surface area contributed by atoms with E-state index in [0.717, 1.165) is 30.4 Å². The van der Waals surface area contributed by atoms with Crippen LogP contribution in [0.5, 0.6) is 0 Å². The van der Waals surface area contributed by atoms with Crippen LogP contribution < -0.4 is 0 Å². The minimum Gasteiger partial charge on any atom is -0.275 e. The first kappa shape index (κ1) is 11.4. The van der Waals surface area contributed by atoms with E-state index in [1.165, 1.54) is 17.0 Å². The lowest BCUT2D eigenvalue weighted by atomic mass is 9.87. The average molecular weight is 247 g/mol. The second-order valence-electron chi connectivity index (χ2n) is 4.91. The zero-order valence-corrected chi connectivity index (χ0v) is 9.99.